The van der Waals surface area contributed by atoms with E-state index in [9.17, 15) is 0 Å². The minimum Gasteiger partial charge on any atom is -0.311 e. The highest BCUT2D eigenvalue weighted by molar-refractivity contribution is 6.08. The molecule has 9 aromatic rings. The Morgan fingerprint density at radius 2 is 0.732 bits per heavy atom. The highest BCUT2D eigenvalue weighted by Crippen LogP contribution is 2.56. The van der Waals surface area contributed by atoms with Crippen LogP contribution in [0.1, 0.15) is 25.0 Å². The predicted molar refractivity (Wildman–Crippen MR) is 238 cm³/mol. The molecule has 1 aliphatic carbocycles. The molecule has 0 radical (unpaired) electrons. The van der Waals surface area contributed by atoms with Gasteiger partial charge in [0.2, 0.25) is 0 Å². The molecule has 56 heavy (non-hydrogen) atoms. The molecule has 0 amide bonds. The van der Waals surface area contributed by atoms with E-state index >= 15 is 0 Å². The number of rotatable bonds is 7. The molecule has 0 unspecified atom stereocenters. The summed E-state index contributed by atoms with van der Waals surface area (Å²) in [6.07, 6.45) is 0. The number of nitrogens with zero attached hydrogens (tertiary/aromatic N) is 1. The van der Waals surface area contributed by atoms with Crippen LogP contribution in [0.2, 0.25) is 0 Å². The zero-order chi connectivity index (χ0) is 37.6. The van der Waals surface area contributed by atoms with Crippen molar-refractivity contribution in [2.45, 2.75) is 19.3 Å². The Labute approximate surface area is 329 Å². The standard InChI is InChI=1S/C55H41N/c1-55(2)52-24-14-23-47(42-19-10-5-11-20-42)53(52)51-37-50(48-21-12-13-22-49(48)54(51)55)43-29-35-46(36-30-43)56(44-31-25-40(26-32-44)38-15-6-3-7-16-38)45-33-27-41(28-34-45)39-17-8-4-9-18-39/h3-37H,1-2H3. The van der Waals surface area contributed by atoms with Gasteiger partial charge < -0.3 is 4.90 Å². The molecule has 0 heterocycles. The molecular formula is C55H41N. The van der Waals surface area contributed by atoms with E-state index in [-0.39, 0.29) is 5.41 Å². The van der Waals surface area contributed by atoms with Gasteiger partial charge in [-0.2, -0.15) is 0 Å². The summed E-state index contributed by atoms with van der Waals surface area (Å²) in [7, 11) is 0. The molecule has 0 fully saturated rings. The van der Waals surface area contributed by atoms with Crippen LogP contribution in [0.15, 0.2) is 212 Å². The molecule has 10 rings (SSSR count). The number of benzene rings is 9. The van der Waals surface area contributed by atoms with Crippen LogP contribution < -0.4 is 4.90 Å². The van der Waals surface area contributed by atoms with Crippen molar-refractivity contribution in [2.75, 3.05) is 4.90 Å². The molecule has 1 nitrogen and oxygen atoms in total. The van der Waals surface area contributed by atoms with E-state index in [0.29, 0.717) is 0 Å². The zero-order valence-electron chi connectivity index (χ0n) is 31.7. The van der Waals surface area contributed by atoms with E-state index in [1.807, 2.05) is 0 Å². The highest BCUT2D eigenvalue weighted by Gasteiger charge is 2.39. The Hall–Kier alpha value is -6.96. The van der Waals surface area contributed by atoms with Crippen LogP contribution in [0.5, 0.6) is 0 Å². The summed E-state index contributed by atoms with van der Waals surface area (Å²) in [5.41, 5.74) is 18.5. The van der Waals surface area contributed by atoms with Crippen molar-refractivity contribution >= 4 is 27.8 Å². The van der Waals surface area contributed by atoms with Crippen molar-refractivity contribution in [3.63, 3.8) is 0 Å². The fraction of sp³-hybridized carbons (Fsp3) is 0.0545. The fourth-order valence-electron chi connectivity index (χ4n) is 8.95. The first-order valence-electron chi connectivity index (χ1n) is 19.5. The molecule has 0 bridgehead atoms. The van der Waals surface area contributed by atoms with Crippen molar-refractivity contribution in [2.24, 2.45) is 0 Å². The van der Waals surface area contributed by atoms with E-state index < -0.39 is 0 Å². The van der Waals surface area contributed by atoms with Crippen molar-refractivity contribution in [1.82, 2.24) is 0 Å². The second-order valence-corrected chi connectivity index (χ2v) is 15.3. The van der Waals surface area contributed by atoms with Gasteiger partial charge in [0.25, 0.3) is 0 Å². The van der Waals surface area contributed by atoms with Crippen molar-refractivity contribution in [3.8, 4) is 55.6 Å². The van der Waals surface area contributed by atoms with Crippen molar-refractivity contribution < 1.29 is 0 Å². The van der Waals surface area contributed by atoms with Gasteiger partial charge in [0, 0.05) is 22.5 Å². The lowest BCUT2D eigenvalue weighted by molar-refractivity contribution is 0.666. The molecule has 0 N–H and O–H groups in total. The summed E-state index contributed by atoms with van der Waals surface area (Å²) in [4.78, 5) is 2.36. The van der Waals surface area contributed by atoms with Crippen molar-refractivity contribution in [3.05, 3.63) is 223 Å². The van der Waals surface area contributed by atoms with Gasteiger partial charge in [0.15, 0.2) is 0 Å². The zero-order valence-corrected chi connectivity index (χ0v) is 31.7. The molecule has 0 saturated heterocycles. The first-order chi connectivity index (χ1) is 27.5. The molecule has 0 aromatic heterocycles. The lowest BCUT2D eigenvalue weighted by atomic mass is 9.79. The third-order valence-corrected chi connectivity index (χ3v) is 11.7. The van der Waals surface area contributed by atoms with E-state index in [0.717, 1.165) is 17.1 Å². The number of hydrogen-bond donors (Lipinski definition) is 0. The second kappa shape index (κ2) is 13.7. The third kappa shape index (κ3) is 5.72. The normalized spacial score (nSPS) is 12.6. The Bertz CT molecular complexity index is 2740. The summed E-state index contributed by atoms with van der Waals surface area (Å²) in [6.45, 7) is 4.78. The topological polar surface area (TPSA) is 3.24 Å². The average Bonchev–Trinajstić information content (AvgIpc) is 3.51. The van der Waals surface area contributed by atoms with Gasteiger partial charge in [-0.1, -0.05) is 184 Å². The van der Waals surface area contributed by atoms with Crippen LogP contribution in [0.4, 0.5) is 17.1 Å². The first kappa shape index (κ1) is 33.6. The maximum Gasteiger partial charge on any atom is 0.0462 e. The minimum atomic E-state index is -0.135. The highest BCUT2D eigenvalue weighted by atomic mass is 15.1. The van der Waals surface area contributed by atoms with Crippen LogP contribution in [0.3, 0.4) is 0 Å². The van der Waals surface area contributed by atoms with Gasteiger partial charge in [0.1, 0.15) is 0 Å². The van der Waals surface area contributed by atoms with Crippen LogP contribution >= 0.6 is 0 Å². The Morgan fingerprint density at radius 3 is 1.25 bits per heavy atom. The maximum absolute atomic E-state index is 2.47. The van der Waals surface area contributed by atoms with Gasteiger partial charge in [0.05, 0.1) is 0 Å². The summed E-state index contributed by atoms with van der Waals surface area (Å²) in [5.74, 6) is 0. The van der Waals surface area contributed by atoms with Crippen molar-refractivity contribution in [1.29, 1.82) is 0 Å². The quantitative estimate of drug-likeness (QED) is 0.159. The number of hydrogen-bond acceptors (Lipinski definition) is 1. The first-order valence-corrected chi connectivity index (χ1v) is 19.5. The average molecular weight is 716 g/mol. The molecule has 0 aliphatic heterocycles. The lowest BCUT2D eigenvalue weighted by Crippen LogP contribution is -2.15. The monoisotopic (exact) mass is 715 g/mol. The largest absolute Gasteiger partial charge is 0.311 e. The summed E-state index contributed by atoms with van der Waals surface area (Å²) in [5, 5.41) is 2.61. The van der Waals surface area contributed by atoms with Crippen LogP contribution in [-0.2, 0) is 5.41 Å². The van der Waals surface area contributed by atoms with E-state index in [1.54, 1.807) is 0 Å². The summed E-state index contributed by atoms with van der Waals surface area (Å²) in [6, 6.07) is 77.3. The van der Waals surface area contributed by atoms with Gasteiger partial charge >= 0.3 is 0 Å². The van der Waals surface area contributed by atoms with Gasteiger partial charge in [-0.3, -0.25) is 0 Å². The SMILES string of the molecule is CC1(C)c2cccc(-c3ccccc3)c2-c2cc(-c3ccc(N(c4ccc(-c5ccccc5)cc4)c4ccc(-c5ccccc5)cc4)cc3)c3ccccc3c21. The molecule has 9 aromatic carbocycles. The molecule has 1 aliphatic rings. The molecule has 0 spiro atoms. The second-order valence-electron chi connectivity index (χ2n) is 15.3. The van der Waals surface area contributed by atoms with Gasteiger partial charge in [-0.15, -0.1) is 0 Å². The fourth-order valence-corrected chi connectivity index (χ4v) is 8.95. The van der Waals surface area contributed by atoms with Gasteiger partial charge in [-0.25, -0.2) is 0 Å². The lowest BCUT2D eigenvalue weighted by Gasteiger charge is -2.26. The number of anilines is 3. The van der Waals surface area contributed by atoms with E-state index in [2.05, 4.69) is 231 Å². The third-order valence-electron chi connectivity index (χ3n) is 11.7. The number of fused-ring (bicyclic) bond motifs is 5. The maximum atomic E-state index is 2.47. The molecule has 266 valence electrons. The van der Waals surface area contributed by atoms with Crippen LogP contribution in [0.25, 0.3) is 66.4 Å². The van der Waals surface area contributed by atoms with E-state index in [1.165, 1.54) is 77.5 Å². The predicted octanol–water partition coefficient (Wildman–Crippen LogP) is 15.3. The molecule has 1 heteroatoms. The van der Waals surface area contributed by atoms with Crippen LogP contribution in [0, 0.1) is 0 Å². The minimum absolute atomic E-state index is 0.135. The molecule has 0 saturated carbocycles. The molecular weight excluding hydrogens is 675 g/mol. The smallest absolute Gasteiger partial charge is 0.0462 e. The molecule has 0 atom stereocenters. The Balaban J connectivity index is 1.09. The van der Waals surface area contributed by atoms with E-state index in [4.69, 9.17) is 0 Å². The Morgan fingerprint density at radius 1 is 0.321 bits per heavy atom. The summed E-state index contributed by atoms with van der Waals surface area (Å²) < 4.78 is 0. The Kier molecular flexibility index (Phi) is 8.23. The van der Waals surface area contributed by atoms with Crippen LogP contribution in [-0.4, -0.2) is 0 Å². The summed E-state index contributed by atoms with van der Waals surface area (Å²) >= 11 is 0. The van der Waals surface area contributed by atoms with Gasteiger partial charge in [-0.05, 0) is 120 Å².